The SMILES string of the molecule is O=C([O-])[C@H](Cc1ccccc1)N1C(=O)/C(=C\c2ccc(F)cc2)SC1=S. The molecule has 0 aliphatic carbocycles. The summed E-state index contributed by atoms with van der Waals surface area (Å²) in [6.07, 6.45) is 1.66. The van der Waals surface area contributed by atoms with E-state index in [-0.39, 0.29) is 16.6 Å². The van der Waals surface area contributed by atoms with E-state index >= 15 is 0 Å². The molecule has 0 spiro atoms. The smallest absolute Gasteiger partial charge is 0.266 e. The molecule has 4 nitrogen and oxygen atoms in total. The Morgan fingerprint density at radius 2 is 1.85 bits per heavy atom. The minimum Gasteiger partial charge on any atom is -0.548 e. The van der Waals surface area contributed by atoms with Crippen molar-refractivity contribution >= 4 is 46.3 Å². The molecule has 26 heavy (non-hydrogen) atoms. The highest BCUT2D eigenvalue weighted by molar-refractivity contribution is 8.26. The van der Waals surface area contributed by atoms with E-state index in [0.29, 0.717) is 10.5 Å². The average Bonchev–Trinajstić information content (AvgIpc) is 2.89. The summed E-state index contributed by atoms with van der Waals surface area (Å²) in [7, 11) is 0. The highest BCUT2D eigenvalue weighted by Gasteiger charge is 2.37. The fourth-order valence-electron chi connectivity index (χ4n) is 2.58. The molecule has 1 aliphatic heterocycles. The fourth-order valence-corrected chi connectivity index (χ4v) is 3.93. The number of carboxylic acids is 1. The van der Waals surface area contributed by atoms with E-state index in [4.69, 9.17) is 12.2 Å². The standard InChI is InChI=1S/C19H14FNO3S2/c20-14-8-6-13(7-9-14)11-16-17(22)21(19(25)26-16)15(18(23)24)10-12-4-2-1-3-5-12/h1-9,11,15H,10H2,(H,23,24)/p-1/b16-11+/t15-/m0/s1. The molecule has 1 heterocycles. The second-order valence-electron chi connectivity index (χ2n) is 5.63. The lowest BCUT2D eigenvalue weighted by molar-refractivity contribution is -0.310. The van der Waals surface area contributed by atoms with Gasteiger partial charge < -0.3 is 9.90 Å². The number of halogens is 1. The van der Waals surface area contributed by atoms with Crippen LogP contribution in [0.3, 0.4) is 0 Å². The summed E-state index contributed by atoms with van der Waals surface area (Å²) in [6, 6.07) is 13.4. The van der Waals surface area contributed by atoms with Gasteiger partial charge in [-0.15, -0.1) is 0 Å². The zero-order chi connectivity index (χ0) is 18.7. The molecule has 1 atom stereocenters. The summed E-state index contributed by atoms with van der Waals surface area (Å²) in [5.41, 5.74) is 1.39. The van der Waals surface area contributed by atoms with Crippen LogP contribution in [0.5, 0.6) is 0 Å². The Kier molecular flexibility index (Phi) is 5.49. The van der Waals surface area contributed by atoms with Crippen LogP contribution in [0, 0.1) is 5.82 Å². The number of nitrogens with zero attached hydrogens (tertiary/aromatic N) is 1. The van der Waals surface area contributed by atoms with E-state index in [1.54, 1.807) is 30.3 Å². The van der Waals surface area contributed by atoms with E-state index in [1.807, 2.05) is 6.07 Å². The number of thioether (sulfide) groups is 1. The molecule has 0 N–H and O–H groups in total. The topological polar surface area (TPSA) is 60.4 Å². The zero-order valence-electron chi connectivity index (χ0n) is 13.4. The molecule has 0 saturated carbocycles. The molecular formula is C19H13FNO3S2-. The Bertz CT molecular complexity index is 881. The Morgan fingerprint density at radius 1 is 1.19 bits per heavy atom. The summed E-state index contributed by atoms with van der Waals surface area (Å²) in [6.45, 7) is 0. The van der Waals surface area contributed by atoms with Gasteiger partial charge in [0.25, 0.3) is 5.91 Å². The van der Waals surface area contributed by atoms with E-state index in [0.717, 1.165) is 22.2 Å². The number of carbonyl (C=O) groups excluding carboxylic acids is 2. The fraction of sp³-hybridized carbons (Fsp3) is 0.105. The monoisotopic (exact) mass is 386 g/mol. The molecule has 0 aromatic heterocycles. The number of amides is 1. The molecule has 1 fully saturated rings. The summed E-state index contributed by atoms with van der Waals surface area (Å²) < 4.78 is 13.2. The van der Waals surface area contributed by atoms with Crippen molar-refractivity contribution in [3.8, 4) is 0 Å². The summed E-state index contributed by atoms with van der Waals surface area (Å²) in [4.78, 5) is 25.7. The molecule has 0 unspecified atom stereocenters. The summed E-state index contributed by atoms with van der Waals surface area (Å²) in [5, 5.41) is 11.6. The quantitative estimate of drug-likeness (QED) is 0.583. The van der Waals surface area contributed by atoms with E-state index in [9.17, 15) is 19.1 Å². The summed E-state index contributed by atoms with van der Waals surface area (Å²) in [5.74, 6) is -2.24. The molecule has 1 aliphatic rings. The number of carbonyl (C=O) groups is 2. The molecule has 3 rings (SSSR count). The molecule has 7 heteroatoms. The van der Waals surface area contributed by atoms with Crippen molar-refractivity contribution in [3.05, 3.63) is 76.4 Å². The largest absolute Gasteiger partial charge is 0.548 e. The van der Waals surface area contributed by atoms with Crippen molar-refractivity contribution < 1.29 is 19.1 Å². The molecule has 132 valence electrons. The van der Waals surface area contributed by atoms with Gasteiger partial charge in [-0.05, 0) is 35.8 Å². The average molecular weight is 386 g/mol. The van der Waals surface area contributed by atoms with Crippen molar-refractivity contribution in [1.82, 2.24) is 4.90 Å². The first-order valence-corrected chi connectivity index (χ1v) is 8.95. The van der Waals surface area contributed by atoms with Gasteiger partial charge in [0.05, 0.1) is 16.9 Å². The van der Waals surface area contributed by atoms with E-state index < -0.39 is 17.9 Å². The number of hydrogen-bond donors (Lipinski definition) is 0. The van der Waals surface area contributed by atoms with E-state index in [2.05, 4.69) is 0 Å². The second kappa shape index (κ2) is 7.80. The summed E-state index contributed by atoms with van der Waals surface area (Å²) >= 11 is 6.24. The lowest BCUT2D eigenvalue weighted by Gasteiger charge is -2.27. The van der Waals surface area contributed by atoms with Crippen LogP contribution >= 0.6 is 24.0 Å². The maximum absolute atomic E-state index is 13.0. The van der Waals surface area contributed by atoms with E-state index in [1.165, 1.54) is 24.3 Å². The maximum atomic E-state index is 13.0. The van der Waals surface area contributed by atoms with Crippen LogP contribution in [0.2, 0.25) is 0 Å². The predicted octanol–water partition coefficient (Wildman–Crippen LogP) is 2.39. The van der Waals surface area contributed by atoms with Crippen molar-refractivity contribution in [2.75, 3.05) is 0 Å². The van der Waals surface area contributed by atoms with Crippen LogP contribution < -0.4 is 5.11 Å². The first-order chi connectivity index (χ1) is 12.5. The molecule has 2 aromatic rings. The zero-order valence-corrected chi connectivity index (χ0v) is 15.1. The van der Waals surface area contributed by atoms with Gasteiger partial charge in [-0.2, -0.15) is 0 Å². The van der Waals surface area contributed by atoms with Gasteiger partial charge in [0, 0.05) is 0 Å². The molecule has 1 saturated heterocycles. The number of thiocarbonyl (C=S) groups is 1. The molecule has 0 radical (unpaired) electrons. The predicted molar refractivity (Wildman–Crippen MR) is 100 cm³/mol. The van der Waals surface area contributed by atoms with Crippen LogP contribution in [-0.2, 0) is 16.0 Å². The van der Waals surface area contributed by atoms with Crippen LogP contribution in [0.15, 0.2) is 59.5 Å². The van der Waals surface area contributed by atoms with Gasteiger partial charge in [-0.3, -0.25) is 9.69 Å². The maximum Gasteiger partial charge on any atom is 0.266 e. The normalized spacial score (nSPS) is 17.0. The van der Waals surface area contributed by atoms with Crippen molar-refractivity contribution in [2.45, 2.75) is 12.5 Å². The van der Waals surface area contributed by atoms with Gasteiger partial charge in [0.2, 0.25) is 0 Å². The van der Waals surface area contributed by atoms with Crippen LogP contribution in [0.1, 0.15) is 11.1 Å². The Labute approximate surface area is 159 Å². The Balaban J connectivity index is 1.86. The lowest BCUT2D eigenvalue weighted by atomic mass is 10.0. The number of aliphatic carboxylic acids is 1. The molecular weight excluding hydrogens is 373 g/mol. The van der Waals surface area contributed by atoms with Gasteiger partial charge in [-0.1, -0.05) is 66.4 Å². The number of benzene rings is 2. The first-order valence-electron chi connectivity index (χ1n) is 7.73. The Hall–Kier alpha value is -2.51. The second-order valence-corrected chi connectivity index (χ2v) is 7.30. The van der Waals surface area contributed by atoms with Gasteiger partial charge in [0.1, 0.15) is 10.1 Å². The van der Waals surface area contributed by atoms with Crippen LogP contribution in [0.4, 0.5) is 4.39 Å². The minimum absolute atomic E-state index is 0.0967. The first kappa shape index (κ1) is 18.3. The van der Waals surface area contributed by atoms with Crippen molar-refractivity contribution in [1.29, 1.82) is 0 Å². The number of rotatable bonds is 5. The third-order valence-corrected chi connectivity index (χ3v) is 5.18. The third-order valence-electron chi connectivity index (χ3n) is 3.85. The third kappa shape index (κ3) is 4.00. The lowest BCUT2D eigenvalue weighted by Crippen LogP contribution is -2.51. The minimum atomic E-state index is -1.37. The number of carboxylic acid groups (broad SMARTS) is 1. The number of hydrogen-bond acceptors (Lipinski definition) is 5. The molecule has 1 amide bonds. The van der Waals surface area contributed by atoms with Gasteiger partial charge in [0.15, 0.2) is 0 Å². The van der Waals surface area contributed by atoms with Gasteiger partial charge in [-0.25, -0.2) is 4.39 Å². The van der Waals surface area contributed by atoms with Gasteiger partial charge >= 0.3 is 0 Å². The Morgan fingerprint density at radius 3 is 2.46 bits per heavy atom. The van der Waals surface area contributed by atoms with Crippen molar-refractivity contribution in [3.63, 3.8) is 0 Å². The van der Waals surface area contributed by atoms with Crippen LogP contribution in [-0.4, -0.2) is 27.1 Å². The molecule has 2 aromatic carbocycles. The molecule has 0 bridgehead atoms. The highest BCUT2D eigenvalue weighted by Crippen LogP contribution is 2.34. The van der Waals surface area contributed by atoms with Crippen LogP contribution in [0.25, 0.3) is 6.08 Å². The highest BCUT2D eigenvalue weighted by atomic mass is 32.2. The van der Waals surface area contributed by atoms with Crippen molar-refractivity contribution in [2.24, 2.45) is 0 Å².